The van der Waals surface area contributed by atoms with E-state index in [-0.39, 0.29) is 0 Å². The van der Waals surface area contributed by atoms with Crippen LogP contribution in [-0.2, 0) is 0 Å². The minimum atomic E-state index is 0.455. The van der Waals surface area contributed by atoms with E-state index in [2.05, 4.69) is 46.1 Å². The van der Waals surface area contributed by atoms with Gasteiger partial charge in [-0.3, -0.25) is 9.98 Å². The van der Waals surface area contributed by atoms with Gasteiger partial charge in [-0.1, -0.05) is 19.3 Å². The second kappa shape index (κ2) is 10.5. The molecule has 4 heterocycles. The van der Waals surface area contributed by atoms with Crippen molar-refractivity contribution in [3.8, 4) is 0 Å². The predicted octanol–water partition coefficient (Wildman–Crippen LogP) is 6.80. The van der Waals surface area contributed by atoms with Crippen molar-refractivity contribution in [2.24, 2.45) is 16.8 Å². The van der Waals surface area contributed by atoms with E-state index in [1.807, 2.05) is 24.9 Å². The second-order valence-corrected chi connectivity index (χ2v) is 11.4. The molecule has 1 aromatic heterocycles. The van der Waals surface area contributed by atoms with Gasteiger partial charge in [0.15, 0.2) is 0 Å². The van der Waals surface area contributed by atoms with Gasteiger partial charge in [0.2, 0.25) is 0 Å². The molecular formula is C28H37N3S. The average Bonchev–Trinajstić information content (AvgIpc) is 3.18. The Morgan fingerprint density at radius 1 is 1.06 bits per heavy atom. The topological polar surface area (TPSA) is 28.5 Å². The van der Waals surface area contributed by atoms with Crippen LogP contribution in [0.1, 0.15) is 75.5 Å². The number of hydrogen-bond acceptors (Lipinski definition) is 4. The highest BCUT2D eigenvalue weighted by molar-refractivity contribution is 8.03. The van der Waals surface area contributed by atoms with Gasteiger partial charge in [-0.05, 0) is 95.2 Å². The van der Waals surface area contributed by atoms with Gasteiger partial charge in [0.1, 0.15) is 0 Å². The Balaban J connectivity index is 1.21. The Kier molecular flexibility index (Phi) is 7.32. The zero-order chi connectivity index (χ0) is 21.8. The number of rotatable bonds is 4. The molecule has 1 saturated carbocycles. The van der Waals surface area contributed by atoms with Gasteiger partial charge in [0.25, 0.3) is 0 Å². The minimum absolute atomic E-state index is 0.455. The van der Waals surface area contributed by atoms with Crippen LogP contribution in [0.3, 0.4) is 0 Å². The predicted molar refractivity (Wildman–Crippen MR) is 137 cm³/mol. The first kappa shape index (κ1) is 22.2. The Labute approximate surface area is 198 Å². The lowest BCUT2D eigenvalue weighted by Gasteiger charge is -2.34. The van der Waals surface area contributed by atoms with Crippen LogP contribution in [0.25, 0.3) is 5.70 Å². The number of piperidine rings is 1. The molecule has 4 atom stereocenters. The van der Waals surface area contributed by atoms with Crippen molar-refractivity contribution in [2.45, 2.75) is 82.4 Å². The van der Waals surface area contributed by atoms with E-state index < -0.39 is 0 Å². The largest absolute Gasteiger partial charge is 0.300 e. The molecule has 1 aromatic rings. The van der Waals surface area contributed by atoms with Crippen molar-refractivity contribution >= 4 is 23.7 Å². The van der Waals surface area contributed by atoms with Crippen molar-refractivity contribution in [2.75, 3.05) is 13.1 Å². The molecule has 4 heteroatoms. The highest BCUT2D eigenvalue weighted by Gasteiger charge is 2.28. The summed E-state index contributed by atoms with van der Waals surface area (Å²) in [5.41, 5.74) is 6.94. The molecule has 0 bridgehead atoms. The van der Waals surface area contributed by atoms with E-state index in [1.54, 1.807) is 0 Å². The minimum Gasteiger partial charge on any atom is -0.300 e. The fraction of sp³-hybridized carbons (Fsp3) is 0.607. The number of allylic oxidation sites excluding steroid dienone is 1. The molecule has 170 valence electrons. The monoisotopic (exact) mass is 447 g/mol. The summed E-state index contributed by atoms with van der Waals surface area (Å²) in [7, 11) is 0. The zero-order valence-electron chi connectivity index (χ0n) is 19.5. The molecule has 1 saturated heterocycles. The first-order valence-corrected chi connectivity index (χ1v) is 13.7. The summed E-state index contributed by atoms with van der Waals surface area (Å²) in [5, 5.41) is 0.455. The molecule has 0 aromatic carbocycles. The number of fused-ring (bicyclic) bond motifs is 1. The molecule has 0 N–H and O–H groups in total. The summed E-state index contributed by atoms with van der Waals surface area (Å²) in [6.07, 6.45) is 22.3. The molecule has 4 aliphatic rings. The number of aliphatic imine (C=N–C) groups is 1. The van der Waals surface area contributed by atoms with Gasteiger partial charge < -0.3 is 4.90 Å². The maximum absolute atomic E-state index is 4.78. The number of pyridine rings is 1. The highest BCUT2D eigenvalue weighted by Crippen LogP contribution is 2.40. The number of nitrogens with zero attached hydrogens (tertiary/aromatic N) is 3. The van der Waals surface area contributed by atoms with Gasteiger partial charge in [-0.25, -0.2) is 0 Å². The van der Waals surface area contributed by atoms with Crippen molar-refractivity contribution in [3.63, 3.8) is 0 Å². The van der Waals surface area contributed by atoms with Gasteiger partial charge in [0, 0.05) is 45.8 Å². The Morgan fingerprint density at radius 3 is 2.81 bits per heavy atom. The van der Waals surface area contributed by atoms with E-state index in [0.717, 1.165) is 35.3 Å². The second-order valence-electron chi connectivity index (χ2n) is 10.1. The number of thioether (sulfide) groups is 1. The van der Waals surface area contributed by atoms with Crippen molar-refractivity contribution in [1.82, 2.24) is 9.88 Å². The summed E-state index contributed by atoms with van der Waals surface area (Å²) in [6, 6.07) is 5.07. The molecular weight excluding hydrogens is 410 g/mol. The van der Waals surface area contributed by atoms with Crippen molar-refractivity contribution in [1.29, 1.82) is 0 Å². The highest BCUT2D eigenvalue weighted by atomic mass is 32.2. The van der Waals surface area contributed by atoms with Crippen LogP contribution in [0.2, 0.25) is 0 Å². The maximum atomic E-state index is 4.78. The van der Waals surface area contributed by atoms with Gasteiger partial charge in [0.05, 0.1) is 5.70 Å². The number of hydrogen-bond donors (Lipinski definition) is 0. The van der Waals surface area contributed by atoms with Gasteiger partial charge >= 0.3 is 0 Å². The van der Waals surface area contributed by atoms with Crippen LogP contribution in [0, 0.1) is 18.8 Å². The summed E-state index contributed by atoms with van der Waals surface area (Å²) in [4.78, 5) is 13.5. The van der Waals surface area contributed by atoms with Crippen LogP contribution in [-0.4, -0.2) is 40.5 Å². The maximum Gasteiger partial charge on any atom is 0.0685 e. The van der Waals surface area contributed by atoms with Crippen molar-refractivity contribution < 1.29 is 0 Å². The van der Waals surface area contributed by atoms with E-state index in [4.69, 9.17) is 4.99 Å². The van der Waals surface area contributed by atoms with Crippen LogP contribution in [0.15, 0.2) is 46.1 Å². The summed E-state index contributed by atoms with van der Waals surface area (Å²) in [5.74, 6) is 1.30. The van der Waals surface area contributed by atoms with E-state index >= 15 is 0 Å². The molecule has 3 nitrogen and oxygen atoms in total. The van der Waals surface area contributed by atoms with E-state index in [9.17, 15) is 0 Å². The standard InChI is InChI=1S/C28H37N3S/c1-21-11-13-23(19-29-21)27-18-28-24(20-30-27)8-6-10-26(32-28)17-22-7-5-9-25(14-12-22)31-15-3-2-4-16-31/h6,11,13,18-20,22,24-25,28H,2-5,7-9,12,14-17H2,1H3. The molecule has 4 unspecified atom stereocenters. The molecule has 5 rings (SSSR count). The molecule has 0 radical (unpaired) electrons. The van der Waals surface area contributed by atoms with Crippen molar-refractivity contribution in [3.05, 3.63) is 52.4 Å². The SMILES string of the molecule is Cc1ccc(C2=CC3SC(CC4CCCC(N5CCCCC5)CC4)=C=CCC3C=N2)cn1. The lowest BCUT2D eigenvalue weighted by Crippen LogP contribution is -2.38. The Morgan fingerprint density at radius 2 is 1.97 bits per heavy atom. The van der Waals surface area contributed by atoms with Gasteiger partial charge in [-0.2, -0.15) is 0 Å². The quantitative estimate of drug-likeness (QED) is 0.375. The summed E-state index contributed by atoms with van der Waals surface area (Å²) >= 11 is 2.04. The van der Waals surface area contributed by atoms with Crippen LogP contribution >= 0.6 is 11.8 Å². The normalized spacial score (nSPS) is 31.3. The molecule has 0 amide bonds. The number of aryl methyl sites for hydroxylation is 1. The fourth-order valence-corrected chi connectivity index (χ4v) is 7.14. The van der Waals surface area contributed by atoms with Crippen LogP contribution < -0.4 is 0 Å². The molecule has 1 aliphatic carbocycles. The number of likely N-dealkylation sites (tertiary alicyclic amines) is 1. The third-order valence-corrected chi connectivity index (χ3v) is 9.05. The summed E-state index contributed by atoms with van der Waals surface area (Å²) in [6.45, 7) is 4.72. The van der Waals surface area contributed by atoms with Crippen LogP contribution in [0.4, 0.5) is 0 Å². The molecule has 2 fully saturated rings. The Hall–Kier alpha value is -1.61. The fourth-order valence-electron chi connectivity index (χ4n) is 5.78. The van der Waals surface area contributed by atoms with Crippen LogP contribution in [0.5, 0.6) is 0 Å². The molecule has 0 spiro atoms. The average molecular weight is 448 g/mol. The van der Waals surface area contributed by atoms with E-state index in [1.165, 1.54) is 75.8 Å². The first-order valence-electron chi connectivity index (χ1n) is 12.8. The lowest BCUT2D eigenvalue weighted by molar-refractivity contribution is 0.148. The van der Waals surface area contributed by atoms with Gasteiger partial charge in [-0.15, -0.1) is 17.5 Å². The smallest absolute Gasteiger partial charge is 0.0685 e. The summed E-state index contributed by atoms with van der Waals surface area (Å²) < 4.78 is 0. The van der Waals surface area contributed by atoms with E-state index in [0.29, 0.717) is 11.2 Å². The molecule has 3 aliphatic heterocycles. The lowest BCUT2D eigenvalue weighted by atomic mass is 9.96. The Bertz CT molecular complexity index is 903. The third-order valence-electron chi connectivity index (χ3n) is 7.73. The number of aromatic nitrogens is 1. The first-order chi connectivity index (χ1) is 15.7. The third kappa shape index (κ3) is 5.47. The molecule has 32 heavy (non-hydrogen) atoms. The zero-order valence-corrected chi connectivity index (χ0v) is 20.3.